The van der Waals surface area contributed by atoms with E-state index in [0.717, 1.165) is 40.1 Å². The largest absolute Gasteiger partial charge is 0.482 e. The molecule has 0 saturated heterocycles. The summed E-state index contributed by atoms with van der Waals surface area (Å²) in [5, 5.41) is 9.09. The quantitative estimate of drug-likeness (QED) is 0.220. The number of hydrogen-bond acceptors (Lipinski definition) is 7. The lowest BCUT2D eigenvalue weighted by Crippen LogP contribution is -2.40. The highest BCUT2D eigenvalue weighted by atomic mass is 32.1. The Morgan fingerprint density at radius 2 is 1.63 bits per heavy atom. The van der Waals surface area contributed by atoms with Crippen molar-refractivity contribution in [1.29, 1.82) is 0 Å². The van der Waals surface area contributed by atoms with E-state index in [2.05, 4.69) is 55.8 Å². The Morgan fingerprint density at radius 1 is 0.930 bits per heavy atom. The molecule has 1 aliphatic carbocycles. The Balaban J connectivity index is 1.42. The monoisotopic (exact) mass is 605 g/mol. The second-order valence-electron chi connectivity index (χ2n) is 12.9. The maximum Gasteiger partial charge on any atom is 0.351 e. The molecule has 2 amide bonds. The molecule has 0 aliphatic heterocycles. The number of rotatable bonds is 11. The van der Waals surface area contributed by atoms with Crippen LogP contribution < -0.4 is 20.7 Å². The number of hydrogen-bond donors (Lipinski definition) is 3. The van der Waals surface area contributed by atoms with Crippen LogP contribution in [0.4, 0.5) is 5.69 Å². The molecule has 0 spiro atoms. The number of benzene rings is 2. The average Bonchev–Trinajstić information content (AvgIpc) is 3.28. The molecule has 4 rings (SSSR count). The number of esters is 1. The van der Waals surface area contributed by atoms with Crippen molar-refractivity contribution < 1.29 is 23.9 Å². The molecular formula is C34H43N3O5S. The molecule has 0 unspecified atom stereocenters. The summed E-state index contributed by atoms with van der Waals surface area (Å²) in [4.78, 5) is 38.5. The molecule has 1 heterocycles. The first kappa shape index (κ1) is 32.1. The molecule has 1 saturated carbocycles. The van der Waals surface area contributed by atoms with Gasteiger partial charge in [0.05, 0.1) is 13.7 Å². The lowest BCUT2D eigenvalue weighted by atomic mass is 9.63. The van der Waals surface area contributed by atoms with Crippen molar-refractivity contribution in [3.05, 3.63) is 70.6 Å². The van der Waals surface area contributed by atoms with Gasteiger partial charge in [-0.2, -0.15) is 0 Å². The van der Waals surface area contributed by atoms with Crippen LogP contribution in [0.15, 0.2) is 54.6 Å². The molecule has 0 bridgehead atoms. The fourth-order valence-electron chi connectivity index (χ4n) is 6.34. The van der Waals surface area contributed by atoms with Gasteiger partial charge < -0.3 is 25.4 Å². The maximum atomic E-state index is 12.7. The number of carbonyl (C=O) groups is 3. The minimum Gasteiger partial charge on any atom is -0.482 e. The summed E-state index contributed by atoms with van der Waals surface area (Å²) in [6.07, 6.45) is 3.39. The second kappa shape index (κ2) is 13.6. The highest BCUT2D eigenvalue weighted by Crippen LogP contribution is 2.47. The van der Waals surface area contributed by atoms with Crippen LogP contribution in [0.25, 0.3) is 10.4 Å². The zero-order chi connectivity index (χ0) is 31.2. The predicted octanol–water partition coefficient (Wildman–Crippen LogP) is 6.34. The highest BCUT2D eigenvalue weighted by Gasteiger charge is 2.38. The normalized spacial score (nSPS) is 15.8. The number of nitrogens with one attached hydrogen (secondary N) is 3. The van der Waals surface area contributed by atoms with Crippen molar-refractivity contribution >= 4 is 34.8 Å². The van der Waals surface area contributed by atoms with Gasteiger partial charge in [0.1, 0.15) is 5.75 Å². The summed E-state index contributed by atoms with van der Waals surface area (Å²) in [5.41, 5.74) is 4.21. The SMILES string of the molecule is COC(=O)c1sc(-c2cccc(NC3CC(C)(C)CC(C)(C)C3)c2)c(C)c1OCC(=O)NCC(=O)NCc1ccccc1. The molecule has 1 aliphatic rings. The van der Waals surface area contributed by atoms with Crippen LogP contribution in [0.3, 0.4) is 0 Å². The van der Waals surface area contributed by atoms with Crippen LogP contribution >= 0.6 is 11.3 Å². The van der Waals surface area contributed by atoms with Gasteiger partial charge in [0, 0.05) is 28.7 Å². The summed E-state index contributed by atoms with van der Waals surface area (Å²) in [7, 11) is 1.32. The van der Waals surface area contributed by atoms with Crippen molar-refractivity contribution in [3.63, 3.8) is 0 Å². The van der Waals surface area contributed by atoms with Gasteiger partial charge in [-0.05, 0) is 60.3 Å². The summed E-state index contributed by atoms with van der Waals surface area (Å²) >= 11 is 1.28. The smallest absolute Gasteiger partial charge is 0.351 e. The molecule has 230 valence electrons. The molecule has 3 aromatic rings. The number of carbonyl (C=O) groups excluding carboxylic acids is 3. The number of methoxy groups -OCH3 is 1. The van der Waals surface area contributed by atoms with Gasteiger partial charge >= 0.3 is 5.97 Å². The van der Waals surface area contributed by atoms with E-state index >= 15 is 0 Å². The minimum absolute atomic E-state index is 0.179. The van der Waals surface area contributed by atoms with Gasteiger partial charge in [0.2, 0.25) is 5.91 Å². The van der Waals surface area contributed by atoms with Crippen LogP contribution in [-0.2, 0) is 20.9 Å². The molecule has 0 radical (unpaired) electrons. The standard InChI is InChI=1S/C34H43N3O5S/c1-22-29(42-20-28(39)36-19-27(38)35-18-23-11-8-7-9-12-23)31(32(40)41-6)43-30(22)24-13-10-14-25(15-24)37-26-16-33(2,3)21-34(4,5)17-26/h7-15,26,37H,16-21H2,1-6H3,(H,35,38)(H,36,39). The van der Waals surface area contributed by atoms with Crippen LogP contribution in [0.2, 0.25) is 0 Å². The minimum atomic E-state index is -0.531. The molecule has 1 fully saturated rings. The summed E-state index contributed by atoms with van der Waals surface area (Å²) < 4.78 is 10.9. The van der Waals surface area contributed by atoms with Crippen molar-refractivity contribution in [2.75, 3.05) is 25.6 Å². The maximum absolute atomic E-state index is 12.7. The molecule has 2 aromatic carbocycles. The Bertz CT molecular complexity index is 1430. The fraction of sp³-hybridized carbons (Fsp3) is 0.441. The number of anilines is 1. The average molecular weight is 606 g/mol. The molecule has 9 heteroatoms. The third-order valence-electron chi connectivity index (χ3n) is 7.64. The third-order valence-corrected chi connectivity index (χ3v) is 8.94. The van der Waals surface area contributed by atoms with Gasteiger partial charge in [0.25, 0.3) is 5.91 Å². The third kappa shape index (κ3) is 8.83. The number of thiophene rings is 1. The van der Waals surface area contributed by atoms with E-state index in [4.69, 9.17) is 9.47 Å². The van der Waals surface area contributed by atoms with E-state index < -0.39 is 11.9 Å². The summed E-state index contributed by atoms with van der Waals surface area (Å²) in [6, 6.07) is 18.1. The molecule has 1 aromatic heterocycles. The highest BCUT2D eigenvalue weighted by molar-refractivity contribution is 7.18. The first-order valence-electron chi connectivity index (χ1n) is 14.6. The first-order valence-corrected chi connectivity index (χ1v) is 15.5. The Morgan fingerprint density at radius 3 is 2.30 bits per heavy atom. The Hall–Kier alpha value is -3.85. The van der Waals surface area contributed by atoms with Gasteiger partial charge in [-0.25, -0.2) is 4.79 Å². The van der Waals surface area contributed by atoms with Crippen LogP contribution in [-0.4, -0.2) is 44.1 Å². The van der Waals surface area contributed by atoms with Crippen LogP contribution in [0.1, 0.15) is 67.8 Å². The summed E-state index contributed by atoms with van der Waals surface area (Å²) in [5.74, 6) is -1.00. The lowest BCUT2D eigenvalue weighted by molar-refractivity contribution is -0.127. The van der Waals surface area contributed by atoms with Crippen LogP contribution in [0.5, 0.6) is 5.75 Å². The Kier molecular flexibility index (Phi) is 10.2. The number of ether oxygens (including phenoxy) is 2. The van der Waals surface area contributed by atoms with Crippen molar-refractivity contribution in [2.24, 2.45) is 10.8 Å². The number of amides is 2. The second-order valence-corrected chi connectivity index (χ2v) is 13.9. The van der Waals surface area contributed by atoms with Crippen molar-refractivity contribution in [1.82, 2.24) is 10.6 Å². The van der Waals surface area contributed by atoms with E-state index in [0.29, 0.717) is 18.3 Å². The zero-order valence-corrected chi connectivity index (χ0v) is 26.8. The van der Waals surface area contributed by atoms with E-state index in [-0.39, 0.29) is 34.8 Å². The van der Waals surface area contributed by atoms with Crippen molar-refractivity contribution in [3.8, 4) is 16.2 Å². The van der Waals surface area contributed by atoms with Gasteiger partial charge in [-0.3, -0.25) is 9.59 Å². The van der Waals surface area contributed by atoms with Gasteiger partial charge in [0.15, 0.2) is 11.5 Å². The van der Waals surface area contributed by atoms with E-state index in [1.54, 1.807) is 0 Å². The van der Waals surface area contributed by atoms with Gasteiger partial charge in [-0.15, -0.1) is 11.3 Å². The van der Waals surface area contributed by atoms with E-state index in [1.807, 2.05) is 49.4 Å². The van der Waals surface area contributed by atoms with E-state index in [9.17, 15) is 14.4 Å². The van der Waals surface area contributed by atoms with Gasteiger partial charge in [-0.1, -0.05) is 70.2 Å². The Labute approximate surface area is 258 Å². The molecule has 43 heavy (non-hydrogen) atoms. The predicted molar refractivity (Wildman–Crippen MR) is 171 cm³/mol. The molecule has 8 nitrogen and oxygen atoms in total. The zero-order valence-electron chi connectivity index (χ0n) is 26.0. The lowest BCUT2D eigenvalue weighted by Gasteiger charge is -2.45. The molecule has 3 N–H and O–H groups in total. The molecular weight excluding hydrogens is 562 g/mol. The first-order chi connectivity index (χ1) is 20.4. The topological polar surface area (TPSA) is 106 Å². The van der Waals surface area contributed by atoms with E-state index in [1.165, 1.54) is 24.9 Å². The summed E-state index contributed by atoms with van der Waals surface area (Å²) in [6.45, 7) is 11.1. The molecule has 0 atom stereocenters. The fourth-order valence-corrected chi connectivity index (χ4v) is 7.50. The van der Waals surface area contributed by atoms with Crippen LogP contribution in [0, 0.1) is 17.8 Å². The van der Waals surface area contributed by atoms with Crippen molar-refractivity contribution in [2.45, 2.75) is 66.5 Å².